The Morgan fingerprint density at radius 3 is 2.42 bits per heavy atom. The van der Waals surface area contributed by atoms with E-state index in [1.54, 1.807) is 31.2 Å². The zero-order chi connectivity index (χ0) is 32.9. The van der Waals surface area contributed by atoms with Crippen molar-refractivity contribution in [1.82, 2.24) is 10.6 Å². The number of ether oxygens (including phenoxy) is 3. The molecule has 0 aromatic heterocycles. The number of carbonyl (C=O) groups is 4. The van der Waals surface area contributed by atoms with Gasteiger partial charge in [-0.05, 0) is 41.7 Å². The van der Waals surface area contributed by atoms with Gasteiger partial charge >= 0.3 is 11.9 Å². The second kappa shape index (κ2) is 17.4. The van der Waals surface area contributed by atoms with Gasteiger partial charge in [0.25, 0.3) is 0 Å². The van der Waals surface area contributed by atoms with E-state index in [2.05, 4.69) is 10.6 Å². The zero-order valence-corrected chi connectivity index (χ0v) is 27.2. The highest BCUT2D eigenvalue weighted by atomic mass is 35.5. The molecule has 0 aliphatic carbocycles. The summed E-state index contributed by atoms with van der Waals surface area (Å²) in [7, 11) is 1.51. The number of methoxy groups -OCH3 is 1. The van der Waals surface area contributed by atoms with Gasteiger partial charge < -0.3 is 24.8 Å². The summed E-state index contributed by atoms with van der Waals surface area (Å²) in [5.41, 5.74) is 1.69. The Morgan fingerprint density at radius 1 is 1.02 bits per heavy atom. The maximum absolute atomic E-state index is 13.4. The summed E-state index contributed by atoms with van der Waals surface area (Å²) in [5.74, 6) is -2.74. The number of cyclic esters (lactones) is 2. The molecule has 10 heteroatoms. The Morgan fingerprint density at radius 2 is 1.76 bits per heavy atom. The van der Waals surface area contributed by atoms with Crippen molar-refractivity contribution < 1.29 is 33.4 Å². The van der Waals surface area contributed by atoms with Gasteiger partial charge in [-0.1, -0.05) is 93.9 Å². The Kier molecular flexibility index (Phi) is 13.7. The minimum absolute atomic E-state index is 0.0422. The lowest BCUT2D eigenvalue weighted by Crippen LogP contribution is -2.49. The molecule has 242 valence electrons. The third-order valence-corrected chi connectivity index (χ3v) is 7.66. The second-order valence-electron chi connectivity index (χ2n) is 11.7. The van der Waals surface area contributed by atoms with Crippen LogP contribution in [0, 0.1) is 17.8 Å². The molecule has 0 bridgehead atoms. The topological polar surface area (TPSA) is 120 Å². The van der Waals surface area contributed by atoms with E-state index in [0.717, 1.165) is 5.56 Å². The number of esters is 2. The molecule has 2 aromatic carbocycles. The lowest BCUT2D eigenvalue weighted by molar-refractivity contribution is -0.175. The predicted octanol–water partition coefficient (Wildman–Crippen LogP) is 5.31. The number of hydrogen-bond donors (Lipinski definition) is 2. The minimum atomic E-state index is -1.11. The van der Waals surface area contributed by atoms with E-state index >= 15 is 0 Å². The van der Waals surface area contributed by atoms with Gasteiger partial charge in [0.05, 0.1) is 18.1 Å². The number of hydrogen-bond acceptors (Lipinski definition) is 7. The van der Waals surface area contributed by atoms with Crippen molar-refractivity contribution in [3.8, 4) is 5.75 Å². The molecule has 0 spiro atoms. The average Bonchev–Trinajstić information content (AvgIpc) is 3.01. The maximum Gasteiger partial charge on any atom is 0.347 e. The molecule has 2 N–H and O–H groups in total. The number of carbonyl (C=O) groups excluding carboxylic acids is 4. The van der Waals surface area contributed by atoms with Gasteiger partial charge in [0.2, 0.25) is 11.8 Å². The molecule has 0 saturated heterocycles. The highest BCUT2D eigenvalue weighted by molar-refractivity contribution is 6.32. The molecule has 0 unspecified atom stereocenters. The largest absolute Gasteiger partial charge is 0.495 e. The highest BCUT2D eigenvalue weighted by Gasteiger charge is 2.31. The van der Waals surface area contributed by atoms with Crippen LogP contribution in [0.1, 0.15) is 51.7 Å². The number of nitrogens with one attached hydrogen (secondary N) is 2. The van der Waals surface area contributed by atoms with E-state index in [4.69, 9.17) is 25.8 Å². The molecule has 2 amide bonds. The van der Waals surface area contributed by atoms with Crippen molar-refractivity contribution in [1.29, 1.82) is 0 Å². The Labute approximate surface area is 270 Å². The molecule has 9 nitrogen and oxygen atoms in total. The van der Waals surface area contributed by atoms with Crippen LogP contribution in [0.25, 0.3) is 6.08 Å². The van der Waals surface area contributed by atoms with E-state index < -0.39 is 47.9 Å². The normalized spacial score (nSPS) is 23.5. The molecule has 0 fully saturated rings. The van der Waals surface area contributed by atoms with Crippen LogP contribution in [0.4, 0.5) is 0 Å². The lowest BCUT2D eigenvalue weighted by atomic mass is 9.99. The molecule has 1 heterocycles. The minimum Gasteiger partial charge on any atom is -0.495 e. The Balaban J connectivity index is 1.89. The molecule has 2 aromatic rings. The van der Waals surface area contributed by atoms with Crippen LogP contribution < -0.4 is 15.4 Å². The summed E-state index contributed by atoms with van der Waals surface area (Å²) in [6, 6.07) is 13.9. The first-order chi connectivity index (χ1) is 21.5. The van der Waals surface area contributed by atoms with Crippen molar-refractivity contribution in [2.24, 2.45) is 17.8 Å². The molecule has 1 aliphatic heterocycles. The first kappa shape index (κ1) is 35.4. The van der Waals surface area contributed by atoms with Gasteiger partial charge in [-0.2, -0.15) is 0 Å². The van der Waals surface area contributed by atoms with Crippen LogP contribution in [-0.2, 0) is 35.1 Å². The molecule has 1 aliphatic rings. The fraction of sp³-hybridized carbons (Fsp3) is 0.429. The number of amides is 2. The molecular formula is C35H43ClN2O7. The molecular weight excluding hydrogens is 596 g/mol. The van der Waals surface area contributed by atoms with Gasteiger partial charge in [-0.3, -0.25) is 14.4 Å². The van der Waals surface area contributed by atoms with E-state index in [0.29, 0.717) is 16.3 Å². The third-order valence-electron chi connectivity index (χ3n) is 7.36. The maximum atomic E-state index is 13.4. The Hall–Kier alpha value is -4.11. The van der Waals surface area contributed by atoms with Gasteiger partial charge in [0, 0.05) is 25.3 Å². The fourth-order valence-electron chi connectivity index (χ4n) is 4.69. The predicted molar refractivity (Wildman–Crippen MR) is 173 cm³/mol. The van der Waals surface area contributed by atoms with Crippen molar-refractivity contribution >= 4 is 41.4 Å². The van der Waals surface area contributed by atoms with Crippen LogP contribution >= 0.6 is 11.6 Å². The summed E-state index contributed by atoms with van der Waals surface area (Å²) in [6.45, 7) is 7.29. The monoisotopic (exact) mass is 638 g/mol. The van der Waals surface area contributed by atoms with Gasteiger partial charge in [-0.15, -0.1) is 0 Å². The summed E-state index contributed by atoms with van der Waals surface area (Å²) in [5, 5.41) is 5.85. The first-order valence-corrected chi connectivity index (χ1v) is 15.6. The molecule has 5 atom stereocenters. The van der Waals surface area contributed by atoms with Gasteiger partial charge in [-0.25, -0.2) is 4.79 Å². The highest BCUT2D eigenvalue weighted by Crippen LogP contribution is 2.26. The molecule has 3 rings (SSSR count). The summed E-state index contributed by atoms with van der Waals surface area (Å²) in [4.78, 5) is 52.7. The number of benzene rings is 2. The van der Waals surface area contributed by atoms with Crippen molar-refractivity contribution in [2.75, 3.05) is 13.7 Å². The number of halogens is 1. The van der Waals surface area contributed by atoms with Crippen LogP contribution in [-0.4, -0.2) is 55.7 Å². The molecule has 45 heavy (non-hydrogen) atoms. The fourth-order valence-corrected chi connectivity index (χ4v) is 4.97. The summed E-state index contributed by atoms with van der Waals surface area (Å²) < 4.78 is 16.8. The SMILES string of the molecule is COc1ccc(C[C@@H]2NC(=O)/C=C\C[C@@H]([C@H](C)/C=C/c3ccccc3)OC(=O)[C@H](CC(C)C)OC(=O)[C@H](C)CNC2=O)cc1Cl. The molecule has 0 radical (unpaired) electrons. The van der Waals surface area contributed by atoms with Crippen molar-refractivity contribution in [3.63, 3.8) is 0 Å². The van der Waals surface area contributed by atoms with E-state index in [-0.39, 0.29) is 37.6 Å². The van der Waals surface area contributed by atoms with E-state index in [9.17, 15) is 19.2 Å². The first-order valence-electron chi connectivity index (χ1n) is 15.2. The lowest BCUT2D eigenvalue weighted by Gasteiger charge is -2.26. The van der Waals surface area contributed by atoms with Gasteiger partial charge in [0.15, 0.2) is 6.10 Å². The smallest absolute Gasteiger partial charge is 0.347 e. The number of rotatable bonds is 8. The third kappa shape index (κ3) is 11.4. The van der Waals surface area contributed by atoms with Crippen LogP contribution in [0.5, 0.6) is 5.75 Å². The average molecular weight is 639 g/mol. The zero-order valence-electron chi connectivity index (χ0n) is 26.5. The molecule has 0 saturated carbocycles. The van der Waals surface area contributed by atoms with Crippen LogP contribution in [0.15, 0.2) is 66.8 Å². The van der Waals surface area contributed by atoms with Crippen LogP contribution in [0.2, 0.25) is 5.02 Å². The standard InChI is InChI=1S/C35H43ClN2O7/c1-22(2)18-31-35(42)44-29(23(3)14-15-25-10-7-6-8-11-25)12-9-13-32(39)38-28(33(40)37-21-24(4)34(41)45-31)20-26-16-17-30(43-5)27(36)19-26/h6-11,13-17,19,22-24,28-29,31H,12,18,20-21H2,1-5H3,(H,37,40)(H,38,39)/b13-9-,15-14+/t23-,24-,28+,29+,31+/m1/s1. The summed E-state index contributed by atoms with van der Waals surface area (Å²) >= 11 is 6.29. The van der Waals surface area contributed by atoms with E-state index in [1.165, 1.54) is 13.2 Å². The Bertz CT molecular complexity index is 1380. The van der Waals surface area contributed by atoms with Crippen LogP contribution in [0.3, 0.4) is 0 Å². The van der Waals surface area contributed by atoms with E-state index in [1.807, 2.05) is 63.3 Å². The quantitative estimate of drug-likeness (QED) is 0.376. The van der Waals surface area contributed by atoms with Crippen molar-refractivity contribution in [3.05, 3.63) is 82.9 Å². The van der Waals surface area contributed by atoms with Gasteiger partial charge in [0.1, 0.15) is 17.9 Å². The second-order valence-corrected chi connectivity index (χ2v) is 12.1. The summed E-state index contributed by atoms with van der Waals surface area (Å²) in [6.07, 6.45) is 5.68. The van der Waals surface area contributed by atoms with Crippen molar-refractivity contribution in [2.45, 2.75) is 65.2 Å².